The average Bonchev–Trinajstić information content (AvgIpc) is 3.46. The van der Waals surface area contributed by atoms with Crippen molar-refractivity contribution in [1.29, 1.82) is 0 Å². The summed E-state index contributed by atoms with van der Waals surface area (Å²) in [6.07, 6.45) is 3.64. The molecule has 3 nitrogen and oxygen atoms in total. The molecule has 0 aliphatic rings. The monoisotopic (exact) mass is 563 g/mol. The normalized spacial score (nSPS) is 11.1. The Bertz CT molecular complexity index is 1730. The Hall–Kier alpha value is -4.35. The largest absolute Gasteiger partial charge is 0.255 e. The maximum absolute atomic E-state index is 5.03. The van der Waals surface area contributed by atoms with E-state index in [4.69, 9.17) is 4.98 Å². The average molecular weight is 564 g/mol. The molecule has 0 amide bonds. The molecule has 0 saturated heterocycles. The van der Waals surface area contributed by atoms with Crippen LogP contribution in [0.15, 0.2) is 96.6 Å². The number of benzene rings is 2. The molecule has 0 unspecified atom stereocenters. The van der Waals surface area contributed by atoms with Crippen LogP contribution in [0.3, 0.4) is 0 Å². The van der Waals surface area contributed by atoms with Crippen LogP contribution in [0, 0.1) is 41.5 Å². The van der Waals surface area contributed by atoms with Gasteiger partial charge in [0.25, 0.3) is 0 Å². The number of nitrogens with zero attached hydrogens (tertiary/aromatic N) is 3. The summed E-state index contributed by atoms with van der Waals surface area (Å²) in [7, 11) is 0. The smallest absolute Gasteiger partial charge is 0.244 e. The van der Waals surface area contributed by atoms with E-state index in [1.807, 2.05) is 48.8 Å². The summed E-state index contributed by atoms with van der Waals surface area (Å²) in [5, 5.41) is 2.23. The summed E-state index contributed by atoms with van der Waals surface area (Å²) in [5.41, 5.74) is 16.5. The molecule has 0 radical (unpaired) electrons. The first-order valence-corrected chi connectivity index (χ1v) is 15.3. The molecule has 6 aromatic rings. The highest BCUT2D eigenvalue weighted by molar-refractivity contribution is 7.17. The van der Waals surface area contributed by atoms with Crippen LogP contribution in [0.2, 0.25) is 0 Å². The third kappa shape index (κ3) is 5.33. The first-order chi connectivity index (χ1) is 20.3. The molecule has 42 heavy (non-hydrogen) atoms. The van der Waals surface area contributed by atoms with E-state index in [9.17, 15) is 0 Å². The van der Waals surface area contributed by atoms with Crippen LogP contribution < -0.4 is 16.4 Å². The van der Waals surface area contributed by atoms with Crippen LogP contribution in [0.5, 0.6) is 0 Å². The lowest BCUT2D eigenvalue weighted by Gasteiger charge is -2.25. The molecule has 0 fully saturated rings. The standard InChI is InChI=1S/C37H34BN3S/c1-23-17-25(3)35(26(4)18-23)38(36-27(5)19-24(2)20-28(36)6)30-13-16-42-37(30)29-21-33(31-11-7-9-14-39-31)41-34(22-29)32-12-8-10-15-40-32/h7-22H,1-6H3. The Kier molecular flexibility index (Phi) is 7.61. The van der Waals surface area contributed by atoms with Crippen molar-refractivity contribution < 1.29 is 0 Å². The Labute approximate surface area is 253 Å². The first-order valence-electron chi connectivity index (χ1n) is 14.4. The molecular weight excluding hydrogens is 529 g/mol. The predicted molar refractivity (Wildman–Crippen MR) is 180 cm³/mol. The van der Waals surface area contributed by atoms with Gasteiger partial charge in [0.1, 0.15) is 0 Å². The van der Waals surface area contributed by atoms with E-state index in [1.54, 1.807) is 11.3 Å². The van der Waals surface area contributed by atoms with Gasteiger partial charge in [-0.1, -0.05) is 92.2 Å². The number of thiophene rings is 1. The summed E-state index contributed by atoms with van der Waals surface area (Å²) < 4.78 is 0. The summed E-state index contributed by atoms with van der Waals surface area (Å²) >= 11 is 1.79. The zero-order valence-electron chi connectivity index (χ0n) is 25.1. The van der Waals surface area contributed by atoms with Crippen LogP contribution in [0.25, 0.3) is 33.2 Å². The highest BCUT2D eigenvalue weighted by Gasteiger charge is 2.31. The highest BCUT2D eigenvalue weighted by atomic mass is 32.1. The predicted octanol–water partition coefficient (Wildman–Crippen LogP) is 7.30. The number of hydrogen-bond acceptors (Lipinski definition) is 4. The van der Waals surface area contributed by atoms with Crippen LogP contribution in [0.1, 0.15) is 33.4 Å². The van der Waals surface area contributed by atoms with Gasteiger partial charge in [-0.25, -0.2) is 4.98 Å². The zero-order valence-corrected chi connectivity index (χ0v) is 25.9. The van der Waals surface area contributed by atoms with E-state index in [-0.39, 0.29) is 6.71 Å². The molecule has 0 N–H and O–H groups in total. The molecular formula is C37H34BN3S. The third-order valence-corrected chi connectivity index (χ3v) is 8.98. The second kappa shape index (κ2) is 11.5. The van der Waals surface area contributed by atoms with Crippen molar-refractivity contribution in [3.8, 4) is 33.2 Å². The molecule has 0 aliphatic heterocycles. The van der Waals surface area contributed by atoms with E-state index < -0.39 is 0 Å². The Balaban J connectivity index is 1.63. The van der Waals surface area contributed by atoms with Crippen LogP contribution in [0.4, 0.5) is 0 Å². The fraction of sp³-hybridized carbons (Fsp3) is 0.162. The fourth-order valence-electron chi connectivity index (χ4n) is 6.48. The molecule has 0 aliphatic carbocycles. The highest BCUT2D eigenvalue weighted by Crippen LogP contribution is 2.31. The lowest BCUT2D eigenvalue weighted by Crippen LogP contribution is -2.56. The van der Waals surface area contributed by atoms with Gasteiger partial charge in [0, 0.05) is 17.3 Å². The molecule has 0 saturated carbocycles. The molecule has 0 bridgehead atoms. The quantitative estimate of drug-likeness (QED) is 0.200. The molecule has 4 aromatic heterocycles. The van der Waals surface area contributed by atoms with Crippen LogP contribution in [-0.4, -0.2) is 21.7 Å². The van der Waals surface area contributed by atoms with Crippen molar-refractivity contribution in [2.75, 3.05) is 0 Å². The van der Waals surface area contributed by atoms with Crippen molar-refractivity contribution in [3.63, 3.8) is 0 Å². The van der Waals surface area contributed by atoms with Crippen molar-refractivity contribution in [3.05, 3.63) is 130 Å². The summed E-state index contributed by atoms with van der Waals surface area (Å²) in [6, 6.07) is 27.9. The summed E-state index contributed by atoms with van der Waals surface area (Å²) in [4.78, 5) is 15.6. The maximum atomic E-state index is 5.03. The Morgan fingerprint density at radius 1 is 0.548 bits per heavy atom. The van der Waals surface area contributed by atoms with Crippen LogP contribution >= 0.6 is 11.3 Å². The van der Waals surface area contributed by atoms with Gasteiger partial charge in [-0.3, -0.25) is 9.97 Å². The minimum absolute atomic E-state index is 0.0946. The van der Waals surface area contributed by atoms with Crippen molar-refractivity contribution in [1.82, 2.24) is 15.0 Å². The Morgan fingerprint density at radius 2 is 1.02 bits per heavy atom. The SMILES string of the molecule is Cc1cc(C)c(B(c2ccsc2-c2cc(-c3ccccn3)nc(-c3ccccn3)c2)c2c(C)cc(C)cc2C)c(C)c1. The molecule has 6 rings (SSSR count). The lowest BCUT2D eigenvalue weighted by atomic mass is 9.34. The van der Waals surface area contributed by atoms with Gasteiger partial charge >= 0.3 is 0 Å². The fourth-order valence-corrected chi connectivity index (χ4v) is 7.41. The van der Waals surface area contributed by atoms with Crippen molar-refractivity contribution in [2.24, 2.45) is 0 Å². The topological polar surface area (TPSA) is 38.7 Å². The third-order valence-electron chi connectivity index (χ3n) is 8.00. The summed E-state index contributed by atoms with van der Waals surface area (Å²) in [5.74, 6) is 0. The second-order valence-corrected chi connectivity index (χ2v) is 12.2. The van der Waals surface area contributed by atoms with E-state index in [1.165, 1.54) is 54.6 Å². The molecule has 2 aromatic carbocycles. The van der Waals surface area contributed by atoms with Gasteiger partial charge in [-0.2, -0.15) is 0 Å². The molecule has 206 valence electrons. The van der Waals surface area contributed by atoms with Gasteiger partial charge in [0.15, 0.2) is 0 Å². The van der Waals surface area contributed by atoms with Gasteiger partial charge in [-0.15, -0.1) is 11.3 Å². The summed E-state index contributed by atoms with van der Waals surface area (Å²) in [6.45, 7) is 13.5. The second-order valence-electron chi connectivity index (χ2n) is 11.3. The van der Waals surface area contributed by atoms with E-state index in [2.05, 4.69) is 99.4 Å². The first kappa shape index (κ1) is 27.8. The van der Waals surface area contributed by atoms with Crippen molar-refractivity contribution >= 4 is 34.4 Å². The van der Waals surface area contributed by atoms with E-state index >= 15 is 0 Å². The number of hydrogen-bond donors (Lipinski definition) is 0. The number of pyridine rings is 3. The maximum Gasteiger partial charge on any atom is 0.244 e. The van der Waals surface area contributed by atoms with Gasteiger partial charge in [0.2, 0.25) is 6.71 Å². The van der Waals surface area contributed by atoms with Gasteiger partial charge in [-0.05, 0) is 88.9 Å². The van der Waals surface area contributed by atoms with E-state index in [0.29, 0.717) is 0 Å². The Morgan fingerprint density at radius 3 is 1.45 bits per heavy atom. The molecule has 5 heteroatoms. The van der Waals surface area contributed by atoms with E-state index in [0.717, 1.165) is 28.3 Å². The van der Waals surface area contributed by atoms with Crippen molar-refractivity contribution in [2.45, 2.75) is 41.5 Å². The molecule has 0 atom stereocenters. The lowest BCUT2D eigenvalue weighted by molar-refractivity contribution is 1.22. The zero-order chi connectivity index (χ0) is 29.4. The van der Waals surface area contributed by atoms with Gasteiger partial charge in [0.05, 0.1) is 22.8 Å². The minimum Gasteiger partial charge on any atom is -0.255 e. The molecule has 4 heterocycles. The minimum atomic E-state index is 0.0946. The van der Waals surface area contributed by atoms with Gasteiger partial charge < -0.3 is 0 Å². The number of aromatic nitrogens is 3. The van der Waals surface area contributed by atoms with Crippen LogP contribution in [-0.2, 0) is 0 Å². The number of rotatable bonds is 6. The number of aryl methyl sites for hydroxylation is 6. The molecule has 0 spiro atoms.